The summed E-state index contributed by atoms with van der Waals surface area (Å²) in [5, 5.41) is 7.60. The summed E-state index contributed by atoms with van der Waals surface area (Å²) in [6, 6.07) is 3.41. The Labute approximate surface area is 132 Å². The molecule has 0 saturated carbocycles. The molecule has 0 aliphatic rings. The predicted molar refractivity (Wildman–Crippen MR) is 83.7 cm³/mol. The van der Waals surface area contributed by atoms with Crippen molar-refractivity contribution in [2.75, 3.05) is 18.9 Å². The van der Waals surface area contributed by atoms with Crippen LogP contribution >= 0.6 is 0 Å². The van der Waals surface area contributed by atoms with E-state index in [2.05, 4.69) is 20.9 Å². The number of nitrogens with one attached hydrogen (secondary N) is 3. The van der Waals surface area contributed by atoms with Crippen LogP contribution < -0.4 is 16.0 Å². The first kappa shape index (κ1) is 16.5. The number of hydrogen-bond donors (Lipinski definition) is 3. The van der Waals surface area contributed by atoms with Gasteiger partial charge in [-0.25, -0.2) is 14.2 Å². The lowest BCUT2D eigenvalue weighted by molar-refractivity contribution is 0.0959. The fourth-order valence-electron chi connectivity index (χ4n) is 1.97. The molecule has 1 heterocycles. The Morgan fingerprint density at radius 2 is 2.17 bits per heavy atom. The number of aryl methyl sites for hydroxylation is 1. The van der Waals surface area contributed by atoms with Crippen LogP contribution in [0.15, 0.2) is 36.9 Å². The van der Waals surface area contributed by atoms with E-state index in [0.717, 1.165) is 19.0 Å². The Balaban J connectivity index is 1.81. The fraction of sp³-hybridized carbons (Fsp3) is 0.267. The summed E-state index contributed by atoms with van der Waals surface area (Å²) in [5.74, 6) is -1.19. The molecule has 1 aromatic heterocycles. The first-order valence-corrected chi connectivity index (χ1v) is 7.12. The van der Waals surface area contributed by atoms with Gasteiger partial charge in [-0.1, -0.05) is 0 Å². The molecule has 2 rings (SSSR count). The molecule has 2 aromatic rings. The smallest absolute Gasteiger partial charge is 0.319 e. The number of nitrogens with zero attached hydrogens (tertiary/aromatic N) is 2. The van der Waals surface area contributed by atoms with Crippen LogP contribution in [0.5, 0.6) is 0 Å². The quantitative estimate of drug-likeness (QED) is 0.707. The molecular weight excluding hydrogens is 301 g/mol. The Hall–Kier alpha value is -2.90. The Morgan fingerprint density at radius 3 is 2.87 bits per heavy atom. The molecule has 0 saturated heterocycles. The highest BCUT2D eigenvalue weighted by molar-refractivity contribution is 5.96. The number of imidazole rings is 1. The molecule has 1 aromatic carbocycles. The molecule has 0 aliphatic heterocycles. The van der Waals surface area contributed by atoms with Crippen LogP contribution in [0.3, 0.4) is 0 Å². The third-order valence-electron chi connectivity index (χ3n) is 3.13. The highest BCUT2D eigenvalue weighted by Crippen LogP contribution is 2.14. The van der Waals surface area contributed by atoms with E-state index in [0.29, 0.717) is 12.2 Å². The molecule has 0 fully saturated rings. The number of rotatable bonds is 6. The van der Waals surface area contributed by atoms with Gasteiger partial charge in [0.05, 0.1) is 11.9 Å². The molecule has 3 N–H and O–H groups in total. The second kappa shape index (κ2) is 7.92. The van der Waals surface area contributed by atoms with Gasteiger partial charge in [0.2, 0.25) is 0 Å². The van der Waals surface area contributed by atoms with Gasteiger partial charge in [0.25, 0.3) is 5.91 Å². The van der Waals surface area contributed by atoms with E-state index in [-0.39, 0.29) is 5.56 Å². The van der Waals surface area contributed by atoms with Crippen molar-refractivity contribution in [3.05, 3.63) is 48.3 Å². The van der Waals surface area contributed by atoms with Gasteiger partial charge < -0.3 is 20.5 Å². The maximum Gasteiger partial charge on any atom is 0.319 e. The van der Waals surface area contributed by atoms with Crippen LogP contribution in [-0.4, -0.2) is 35.1 Å². The van der Waals surface area contributed by atoms with Crippen molar-refractivity contribution in [3.63, 3.8) is 0 Å². The summed E-state index contributed by atoms with van der Waals surface area (Å²) in [7, 11) is 1.41. The van der Waals surface area contributed by atoms with E-state index >= 15 is 0 Å². The molecule has 3 amide bonds. The highest BCUT2D eigenvalue weighted by atomic mass is 19.1. The van der Waals surface area contributed by atoms with Gasteiger partial charge in [0, 0.05) is 38.2 Å². The van der Waals surface area contributed by atoms with Gasteiger partial charge in [-0.05, 0) is 24.6 Å². The summed E-state index contributed by atoms with van der Waals surface area (Å²) >= 11 is 0. The average Bonchev–Trinajstić information content (AvgIpc) is 3.06. The summed E-state index contributed by atoms with van der Waals surface area (Å²) < 4.78 is 15.4. The molecule has 7 nitrogen and oxygen atoms in total. The number of anilines is 1. The van der Waals surface area contributed by atoms with Crippen LogP contribution in [0.25, 0.3) is 0 Å². The molecule has 0 spiro atoms. The van der Waals surface area contributed by atoms with Gasteiger partial charge in [0.15, 0.2) is 0 Å². The van der Waals surface area contributed by atoms with Crippen molar-refractivity contribution in [2.45, 2.75) is 13.0 Å². The van der Waals surface area contributed by atoms with Crippen molar-refractivity contribution in [1.29, 1.82) is 0 Å². The van der Waals surface area contributed by atoms with Gasteiger partial charge in [-0.3, -0.25) is 4.79 Å². The van der Waals surface area contributed by atoms with E-state index in [4.69, 9.17) is 0 Å². The summed E-state index contributed by atoms with van der Waals surface area (Å²) in [4.78, 5) is 27.2. The molecule has 8 heteroatoms. The number of carbonyl (C=O) groups excluding carboxylic acids is 2. The molecule has 23 heavy (non-hydrogen) atoms. The second-order valence-corrected chi connectivity index (χ2v) is 4.81. The van der Waals surface area contributed by atoms with E-state index in [1.54, 1.807) is 12.5 Å². The van der Waals surface area contributed by atoms with Crippen molar-refractivity contribution < 1.29 is 14.0 Å². The molecular formula is C15H18FN5O2. The number of amides is 3. The van der Waals surface area contributed by atoms with Crippen molar-refractivity contribution in [2.24, 2.45) is 0 Å². The lowest BCUT2D eigenvalue weighted by Gasteiger charge is -2.09. The SMILES string of the molecule is CNC(=O)c1cc(NC(=O)NCCCn2ccnc2)ccc1F. The first-order chi connectivity index (χ1) is 11.1. The minimum absolute atomic E-state index is 0.120. The lowest BCUT2D eigenvalue weighted by Crippen LogP contribution is -2.30. The molecule has 0 bridgehead atoms. The maximum absolute atomic E-state index is 13.5. The summed E-state index contributed by atoms with van der Waals surface area (Å²) in [5.41, 5.74) is 0.225. The zero-order chi connectivity index (χ0) is 16.7. The molecule has 122 valence electrons. The van der Waals surface area contributed by atoms with Crippen LogP contribution in [0.1, 0.15) is 16.8 Å². The average molecular weight is 319 g/mol. The van der Waals surface area contributed by atoms with E-state index < -0.39 is 17.8 Å². The lowest BCUT2D eigenvalue weighted by atomic mass is 10.1. The number of halogens is 1. The first-order valence-electron chi connectivity index (χ1n) is 7.12. The zero-order valence-electron chi connectivity index (χ0n) is 12.7. The van der Waals surface area contributed by atoms with E-state index in [1.807, 2.05) is 10.8 Å². The van der Waals surface area contributed by atoms with Crippen molar-refractivity contribution >= 4 is 17.6 Å². The highest BCUT2D eigenvalue weighted by Gasteiger charge is 2.11. The van der Waals surface area contributed by atoms with Gasteiger partial charge in [-0.2, -0.15) is 0 Å². The minimum atomic E-state index is -0.643. The number of carbonyl (C=O) groups is 2. The van der Waals surface area contributed by atoms with Gasteiger partial charge >= 0.3 is 6.03 Å². The second-order valence-electron chi connectivity index (χ2n) is 4.81. The van der Waals surface area contributed by atoms with Crippen molar-refractivity contribution in [3.8, 4) is 0 Å². The molecule has 0 unspecified atom stereocenters. The van der Waals surface area contributed by atoms with Crippen LogP contribution in [-0.2, 0) is 6.54 Å². The van der Waals surface area contributed by atoms with Crippen LogP contribution in [0, 0.1) is 5.82 Å². The largest absolute Gasteiger partial charge is 0.355 e. The standard InChI is InChI=1S/C15H18FN5O2/c1-17-14(22)12-9-11(3-4-13(12)16)20-15(23)19-5-2-7-21-8-6-18-10-21/h3-4,6,8-10H,2,5,7H2,1H3,(H,17,22)(H2,19,20,23). The monoisotopic (exact) mass is 319 g/mol. The molecule has 0 aliphatic carbocycles. The third-order valence-corrected chi connectivity index (χ3v) is 3.13. The van der Waals surface area contributed by atoms with Crippen molar-refractivity contribution in [1.82, 2.24) is 20.2 Å². The fourth-order valence-corrected chi connectivity index (χ4v) is 1.97. The Bertz CT molecular complexity index is 673. The number of aromatic nitrogens is 2. The van der Waals surface area contributed by atoms with E-state index in [1.165, 1.54) is 19.2 Å². The predicted octanol–water partition coefficient (Wildman–Crippen LogP) is 1.59. The topological polar surface area (TPSA) is 88.0 Å². The van der Waals surface area contributed by atoms with Crippen LogP contribution in [0.4, 0.5) is 14.9 Å². The van der Waals surface area contributed by atoms with Crippen LogP contribution in [0.2, 0.25) is 0 Å². The Morgan fingerprint density at radius 1 is 1.35 bits per heavy atom. The number of benzene rings is 1. The number of hydrogen-bond acceptors (Lipinski definition) is 3. The zero-order valence-corrected chi connectivity index (χ0v) is 12.7. The molecule has 0 atom stereocenters. The molecule has 0 radical (unpaired) electrons. The number of urea groups is 1. The third kappa shape index (κ3) is 4.80. The maximum atomic E-state index is 13.5. The normalized spacial score (nSPS) is 10.2. The van der Waals surface area contributed by atoms with Gasteiger partial charge in [-0.15, -0.1) is 0 Å². The van der Waals surface area contributed by atoms with E-state index in [9.17, 15) is 14.0 Å². The minimum Gasteiger partial charge on any atom is -0.355 e. The Kier molecular flexibility index (Phi) is 5.67. The summed E-state index contributed by atoms with van der Waals surface area (Å²) in [6.07, 6.45) is 5.99. The van der Waals surface area contributed by atoms with Gasteiger partial charge in [0.1, 0.15) is 5.82 Å². The summed E-state index contributed by atoms with van der Waals surface area (Å²) in [6.45, 7) is 1.23.